The maximum atomic E-state index is 10.9. The van der Waals surface area contributed by atoms with Crippen molar-refractivity contribution in [3.63, 3.8) is 0 Å². The van der Waals surface area contributed by atoms with E-state index in [1.807, 2.05) is 0 Å². The Morgan fingerprint density at radius 2 is 1.83 bits per heavy atom. The molecule has 7 heteroatoms. The molecular weight excluding hydrogens is 244 g/mol. The van der Waals surface area contributed by atoms with E-state index in [9.17, 15) is 14.4 Å². The first kappa shape index (κ1) is 13.5. The second-order valence-corrected chi connectivity index (χ2v) is 3.19. The number of carboxylic acid groups (broad SMARTS) is 2. The van der Waals surface area contributed by atoms with Gasteiger partial charge in [-0.25, -0.2) is 14.4 Å². The average Bonchev–Trinajstić information content (AvgIpc) is 2.35. The van der Waals surface area contributed by atoms with Gasteiger partial charge < -0.3 is 19.7 Å². The third-order valence-electron chi connectivity index (χ3n) is 2.03. The Morgan fingerprint density at radius 1 is 1.17 bits per heavy atom. The van der Waals surface area contributed by atoms with Gasteiger partial charge in [0.05, 0.1) is 12.7 Å². The number of carbonyl (C=O) groups excluding carboxylic acids is 1. The Kier molecular flexibility index (Phi) is 4.25. The van der Waals surface area contributed by atoms with E-state index in [4.69, 9.17) is 14.9 Å². The normalized spacial score (nSPS) is 9.61. The summed E-state index contributed by atoms with van der Waals surface area (Å²) in [5.41, 5.74) is -0.517. The summed E-state index contributed by atoms with van der Waals surface area (Å²) in [6.45, 7) is -0.455. The van der Waals surface area contributed by atoms with Crippen LogP contribution in [0.25, 0.3) is 0 Å². The summed E-state index contributed by atoms with van der Waals surface area (Å²) in [7, 11) is 1.16. The lowest BCUT2D eigenvalue weighted by Crippen LogP contribution is -2.14. The molecular formula is C11H10O7. The van der Waals surface area contributed by atoms with Crippen molar-refractivity contribution in [2.75, 3.05) is 13.7 Å². The van der Waals surface area contributed by atoms with Gasteiger partial charge in [-0.05, 0) is 18.2 Å². The lowest BCUT2D eigenvalue weighted by atomic mass is 10.1. The van der Waals surface area contributed by atoms with Gasteiger partial charge in [-0.3, -0.25) is 0 Å². The number of aromatic carboxylic acids is 2. The molecule has 0 heterocycles. The molecule has 0 spiro atoms. The molecule has 0 aliphatic carbocycles. The molecule has 1 aromatic rings. The Balaban J connectivity index is 3.00. The summed E-state index contributed by atoms with van der Waals surface area (Å²) in [4.78, 5) is 32.5. The number of carbonyl (C=O) groups is 3. The summed E-state index contributed by atoms with van der Waals surface area (Å²) in [6, 6.07) is 3.31. The number of benzene rings is 1. The quantitative estimate of drug-likeness (QED) is 0.741. The Morgan fingerprint density at radius 3 is 2.33 bits per heavy atom. The van der Waals surface area contributed by atoms with Crippen molar-refractivity contribution in [1.82, 2.24) is 0 Å². The van der Waals surface area contributed by atoms with Crippen molar-refractivity contribution in [2.24, 2.45) is 0 Å². The Labute approximate surface area is 102 Å². The van der Waals surface area contributed by atoms with E-state index < -0.39 is 24.5 Å². The van der Waals surface area contributed by atoms with E-state index in [2.05, 4.69) is 4.74 Å². The molecule has 0 aliphatic heterocycles. The van der Waals surface area contributed by atoms with Gasteiger partial charge in [0, 0.05) is 0 Å². The molecule has 18 heavy (non-hydrogen) atoms. The van der Waals surface area contributed by atoms with Crippen molar-refractivity contribution in [2.45, 2.75) is 0 Å². The van der Waals surface area contributed by atoms with Gasteiger partial charge in [-0.1, -0.05) is 0 Å². The summed E-state index contributed by atoms with van der Waals surface area (Å²) in [6.07, 6.45) is 0. The van der Waals surface area contributed by atoms with Crippen LogP contribution in [0.2, 0.25) is 0 Å². The number of rotatable bonds is 5. The number of ether oxygens (including phenoxy) is 2. The van der Waals surface area contributed by atoms with Gasteiger partial charge in [-0.15, -0.1) is 0 Å². The first-order valence-corrected chi connectivity index (χ1v) is 4.76. The topological polar surface area (TPSA) is 110 Å². The van der Waals surface area contributed by atoms with E-state index in [-0.39, 0.29) is 16.9 Å². The maximum Gasteiger partial charge on any atom is 0.343 e. The smallest absolute Gasteiger partial charge is 0.343 e. The van der Waals surface area contributed by atoms with Crippen LogP contribution in [0, 0.1) is 0 Å². The first-order chi connectivity index (χ1) is 8.45. The van der Waals surface area contributed by atoms with E-state index >= 15 is 0 Å². The molecule has 7 nitrogen and oxygen atoms in total. The van der Waals surface area contributed by atoms with Crippen LogP contribution in [0.5, 0.6) is 5.75 Å². The fraction of sp³-hybridized carbons (Fsp3) is 0.182. The molecule has 1 rings (SSSR count). The highest BCUT2D eigenvalue weighted by atomic mass is 16.6. The van der Waals surface area contributed by atoms with Crippen LogP contribution >= 0.6 is 0 Å². The zero-order chi connectivity index (χ0) is 13.7. The zero-order valence-corrected chi connectivity index (χ0v) is 9.37. The fourth-order valence-corrected chi connectivity index (χ4v) is 1.15. The van der Waals surface area contributed by atoms with E-state index in [0.717, 1.165) is 13.2 Å². The van der Waals surface area contributed by atoms with E-state index in [1.165, 1.54) is 12.1 Å². The summed E-state index contributed by atoms with van der Waals surface area (Å²) in [5, 5.41) is 17.6. The third kappa shape index (κ3) is 3.21. The molecule has 0 saturated heterocycles. The standard InChI is InChI=1S/C11H10O7/c1-17-9(12)5-18-8-3-2-6(10(13)14)4-7(8)11(15)16/h2-4H,5H2,1H3,(H,13,14)(H,15,16). The summed E-state index contributed by atoms with van der Waals surface area (Å²) >= 11 is 0. The molecule has 2 N–H and O–H groups in total. The minimum Gasteiger partial charge on any atom is -0.481 e. The average molecular weight is 254 g/mol. The number of hydrogen-bond donors (Lipinski definition) is 2. The van der Waals surface area contributed by atoms with Crippen molar-refractivity contribution in [3.05, 3.63) is 29.3 Å². The Hall–Kier alpha value is -2.57. The van der Waals surface area contributed by atoms with E-state index in [1.54, 1.807) is 0 Å². The van der Waals surface area contributed by atoms with Crippen LogP contribution in [0.15, 0.2) is 18.2 Å². The second-order valence-electron chi connectivity index (χ2n) is 3.19. The number of hydrogen-bond acceptors (Lipinski definition) is 5. The maximum absolute atomic E-state index is 10.9. The van der Waals surface area contributed by atoms with Gasteiger partial charge in [0.2, 0.25) is 0 Å². The zero-order valence-electron chi connectivity index (χ0n) is 9.37. The first-order valence-electron chi connectivity index (χ1n) is 4.76. The van der Waals surface area contributed by atoms with Crippen LogP contribution < -0.4 is 4.74 Å². The molecule has 0 fully saturated rings. The molecule has 0 saturated carbocycles. The Bertz CT molecular complexity index is 492. The highest BCUT2D eigenvalue weighted by molar-refractivity contribution is 5.96. The predicted octanol–water partition coefficient (Wildman–Crippen LogP) is 0.635. The van der Waals surface area contributed by atoms with Crippen molar-refractivity contribution >= 4 is 17.9 Å². The van der Waals surface area contributed by atoms with Crippen molar-refractivity contribution < 1.29 is 34.1 Å². The van der Waals surface area contributed by atoms with Gasteiger partial charge in [0.1, 0.15) is 11.3 Å². The highest BCUT2D eigenvalue weighted by Crippen LogP contribution is 2.20. The summed E-state index contributed by atoms with van der Waals surface area (Å²) < 4.78 is 9.27. The molecule has 0 amide bonds. The third-order valence-corrected chi connectivity index (χ3v) is 2.03. The number of esters is 1. The van der Waals surface area contributed by atoms with Crippen molar-refractivity contribution in [3.8, 4) is 5.75 Å². The lowest BCUT2D eigenvalue weighted by molar-refractivity contribution is -0.142. The number of methoxy groups -OCH3 is 1. The number of carboxylic acids is 2. The highest BCUT2D eigenvalue weighted by Gasteiger charge is 2.16. The van der Waals surface area contributed by atoms with Crippen LogP contribution in [0.3, 0.4) is 0 Å². The minimum absolute atomic E-state index is 0.0992. The minimum atomic E-state index is -1.35. The molecule has 1 aromatic carbocycles. The van der Waals surface area contributed by atoms with Gasteiger partial charge in [0.15, 0.2) is 6.61 Å². The summed E-state index contributed by atoms with van der Waals surface area (Å²) in [5.74, 6) is -3.37. The molecule has 0 unspecified atom stereocenters. The van der Waals surface area contributed by atoms with E-state index in [0.29, 0.717) is 0 Å². The van der Waals surface area contributed by atoms with Crippen LogP contribution in [0.4, 0.5) is 0 Å². The van der Waals surface area contributed by atoms with Gasteiger partial charge in [0.25, 0.3) is 0 Å². The lowest BCUT2D eigenvalue weighted by Gasteiger charge is -2.08. The molecule has 0 atom stereocenters. The molecule has 96 valence electrons. The van der Waals surface area contributed by atoms with Crippen LogP contribution in [-0.2, 0) is 9.53 Å². The molecule has 0 radical (unpaired) electrons. The largest absolute Gasteiger partial charge is 0.481 e. The SMILES string of the molecule is COC(=O)COc1ccc(C(=O)O)cc1C(=O)O. The predicted molar refractivity (Wildman–Crippen MR) is 57.9 cm³/mol. The van der Waals surface area contributed by atoms with Gasteiger partial charge >= 0.3 is 17.9 Å². The van der Waals surface area contributed by atoms with Gasteiger partial charge in [-0.2, -0.15) is 0 Å². The molecule has 0 aromatic heterocycles. The van der Waals surface area contributed by atoms with Crippen LogP contribution in [0.1, 0.15) is 20.7 Å². The molecule has 0 bridgehead atoms. The van der Waals surface area contributed by atoms with Crippen LogP contribution in [-0.4, -0.2) is 41.8 Å². The van der Waals surface area contributed by atoms with Crippen molar-refractivity contribution in [1.29, 1.82) is 0 Å². The monoisotopic (exact) mass is 254 g/mol. The second kappa shape index (κ2) is 5.67. The molecule has 0 aliphatic rings. The fourth-order valence-electron chi connectivity index (χ4n) is 1.15.